The van der Waals surface area contributed by atoms with Crippen LogP contribution in [-0.4, -0.2) is 19.2 Å². The molecule has 0 heterocycles. The summed E-state index contributed by atoms with van der Waals surface area (Å²) in [4.78, 5) is 11.6. The fourth-order valence-corrected chi connectivity index (χ4v) is 2.59. The number of carbonyl (C=O) groups is 1. The third kappa shape index (κ3) is 13.2. The maximum Gasteiger partial charge on any atom is 0.306 e. The van der Waals surface area contributed by atoms with E-state index in [0.717, 1.165) is 18.6 Å². The highest BCUT2D eigenvalue weighted by Gasteiger charge is 2.01. The van der Waals surface area contributed by atoms with Crippen LogP contribution in [0.1, 0.15) is 71.1 Å². The van der Waals surface area contributed by atoms with Crippen molar-refractivity contribution in [2.45, 2.75) is 71.1 Å². The average molecular weight is 347 g/mol. The summed E-state index contributed by atoms with van der Waals surface area (Å²) in [5.74, 6) is 0.742. The third-order valence-corrected chi connectivity index (χ3v) is 4.08. The molecule has 0 saturated carbocycles. The second-order valence-corrected chi connectivity index (χ2v) is 6.36. The number of hydrogen-bond donors (Lipinski definition) is 0. The van der Waals surface area contributed by atoms with E-state index in [4.69, 9.17) is 9.47 Å². The molecule has 0 spiro atoms. The van der Waals surface area contributed by atoms with Crippen molar-refractivity contribution in [3.63, 3.8) is 0 Å². The van der Waals surface area contributed by atoms with Gasteiger partial charge in [-0.25, -0.2) is 0 Å². The van der Waals surface area contributed by atoms with Crippen molar-refractivity contribution < 1.29 is 14.3 Å². The predicted octanol–water partition coefficient (Wildman–Crippen LogP) is 6.09. The number of rotatable bonds is 15. The van der Waals surface area contributed by atoms with Gasteiger partial charge in [-0.15, -0.1) is 0 Å². The summed E-state index contributed by atoms with van der Waals surface area (Å²) in [6.45, 7) is 3.06. The zero-order chi connectivity index (χ0) is 18.0. The molecule has 0 unspecified atom stereocenters. The van der Waals surface area contributed by atoms with Crippen molar-refractivity contribution >= 4 is 5.97 Å². The van der Waals surface area contributed by atoms with Gasteiger partial charge in [-0.2, -0.15) is 0 Å². The van der Waals surface area contributed by atoms with Crippen LogP contribution in [0.3, 0.4) is 0 Å². The largest absolute Gasteiger partial charge is 0.490 e. The van der Waals surface area contributed by atoms with Crippen molar-refractivity contribution in [1.82, 2.24) is 0 Å². The van der Waals surface area contributed by atoms with Crippen LogP contribution in [0.15, 0.2) is 42.5 Å². The Bertz CT molecular complexity index is 454. The molecule has 0 aliphatic carbocycles. The van der Waals surface area contributed by atoms with E-state index >= 15 is 0 Å². The third-order valence-electron chi connectivity index (χ3n) is 4.08. The fraction of sp³-hybridized carbons (Fsp3) is 0.591. The molecule has 0 fully saturated rings. The second-order valence-electron chi connectivity index (χ2n) is 6.36. The molecular weight excluding hydrogens is 312 g/mol. The molecule has 1 rings (SSSR count). The van der Waals surface area contributed by atoms with Crippen LogP contribution in [0, 0.1) is 0 Å². The van der Waals surface area contributed by atoms with Crippen molar-refractivity contribution in [3.8, 4) is 5.75 Å². The van der Waals surface area contributed by atoms with Crippen LogP contribution in [0.25, 0.3) is 0 Å². The number of esters is 1. The summed E-state index contributed by atoms with van der Waals surface area (Å²) in [7, 11) is 0. The molecule has 3 heteroatoms. The Morgan fingerprint density at radius 2 is 1.44 bits per heavy atom. The molecule has 25 heavy (non-hydrogen) atoms. The lowest BCUT2D eigenvalue weighted by Gasteiger charge is -2.03. The van der Waals surface area contributed by atoms with Crippen LogP contribution < -0.4 is 4.74 Å². The molecule has 0 aliphatic rings. The highest BCUT2D eigenvalue weighted by Crippen LogP contribution is 2.11. The van der Waals surface area contributed by atoms with Gasteiger partial charge in [0.25, 0.3) is 0 Å². The van der Waals surface area contributed by atoms with Gasteiger partial charge >= 0.3 is 5.97 Å². The van der Waals surface area contributed by atoms with Gasteiger partial charge in [0.1, 0.15) is 19.0 Å². The minimum atomic E-state index is -0.100. The molecule has 0 N–H and O–H groups in total. The van der Waals surface area contributed by atoms with E-state index in [9.17, 15) is 4.79 Å². The van der Waals surface area contributed by atoms with E-state index < -0.39 is 0 Å². The molecule has 3 nitrogen and oxygen atoms in total. The minimum Gasteiger partial charge on any atom is -0.490 e. The molecule has 0 aromatic heterocycles. The smallest absolute Gasteiger partial charge is 0.306 e. The Kier molecular flexibility index (Phi) is 13.4. The topological polar surface area (TPSA) is 35.5 Å². The van der Waals surface area contributed by atoms with Crippen molar-refractivity contribution in [2.24, 2.45) is 0 Å². The Balaban J connectivity index is 1.87. The lowest BCUT2D eigenvalue weighted by atomic mass is 10.1. The molecule has 0 amide bonds. The highest BCUT2D eigenvalue weighted by atomic mass is 16.5. The van der Waals surface area contributed by atoms with E-state index in [1.165, 1.54) is 44.9 Å². The molecule has 0 saturated heterocycles. The number of ether oxygens (including phenoxy) is 2. The van der Waals surface area contributed by atoms with Gasteiger partial charge in [0, 0.05) is 6.42 Å². The molecule has 0 radical (unpaired) electrons. The van der Waals surface area contributed by atoms with Gasteiger partial charge in [-0.05, 0) is 30.7 Å². The lowest BCUT2D eigenvalue weighted by molar-refractivity contribution is -0.142. The second kappa shape index (κ2) is 15.7. The van der Waals surface area contributed by atoms with Crippen LogP contribution in [0.2, 0.25) is 0 Å². The summed E-state index contributed by atoms with van der Waals surface area (Å²) in [5, 5.41) is 0. The van der Waals surface area contributed by atoms with Gasteiger partial charge in [0.05, 0.1) is 0 Å². The zero-order valence-corrected chi connectivity index (χ0v) is 15.8. The van der Waals surface area contributed by atoms with E-state index in [2.05, 4.69) is 6.92 Å². The number of hydrogen-bond acceptors (Lipinski definition) is 3. The van der Waals surface area contributed by atoms with Crippen LogP contribution in [0.4, 0.5) is 0 Å². The van der Waals surface area contributed by atoms with Gasteiger partial charge in [-0.1, -0.05) is 76.5 Å². The van der Waals surface area contributed by atoms with E-state index in [1.807, 2.05) is 42.5 Å². The van der Waals surface area contributed by atoms with E-state index in [-0.39, 0.29) is 5.97 Å². The maximum absolute atomic E-state index is 11.6. The van der Waals surface area contributed by atoms with Gasteiger partial charge in [0.2, 0.25) is 0 Å². The molecule has 140 valence electrons. The first-order chi connectivity index (χ1) is 12.3. The SMILES string of the molecule is CCCCCCCCCCCC(=O)OCC=CCOc1ccccc1. The summed E-state index contributed by atoms with van der Waals surface area (Å²) in [6, 6.07) is 9.66. The predicted molar refractivity (Wildman–Crippen MR) is 104 cm³/mol. The first-order valence-electron chi connectivity index (χ1n) is 9.81. The number of benzene rings is 1. The van der Waals surface area contributed by atoms with Crippen molar-refractivity contribution in [1.29, 1.82) is 0 Å². The molecule has 0 atom stereocenters. The van der Waals surface area contributed by atoms with Crippen LogP contribution in [0.5, 0.6) is 5.75 Å². The first kappa shape index (κ1) is 21.3. The Morgan fingerprint density at radius 3 is 2.12 bits per heavy atom. The number of para-hydroxylation sites is 1. The molecule has 1 aromatic carbocycles. The van der Waals surface area contributed by atoms with Gasteiger partial charge in [-0.3, -0.25) is 4.79 Å². The fourth-order valence-electron chi connectivity index (χ4n) is 2.59. The maximum atomic E-state index is 11.6. The first-order valence-corrected chi connectivity index (χ1v) is 9.81. The van der Waals surface area contributed by atoms with E-state index in [1.54, 1.807) is 0 Å². The summed E-state index contributed by atoms with van der Waals surface area (Å²) >= 11 is 0. The van der Waals surface area contributed by atoms with E-state index in [0.29, 0.717) is 19.6 Å². The Morgan fingerprint density at radius 1 is 0.840 bits per heavy atom. The normalized spacial score (nSPS) is 10.9. The standard InChI is InChI=1S/C22H34O3/c1-2-3-4-5-6-7-8-9-13-18-22(23)25-20-15-14-19-24-21-16-11-10-12-17-21/h10-12,14-17H,2-9,13,18-20H2,1H3. The molecule has 1 aromatic rings. The van der Waals surface area contributed by atoms with Gasteiger partial charge < -0.3 is 9.47 Å². The Hall–Kier alpha value is -1.77. The van der Waals surface area contributed by atoms with Crippen LogP contribution >= 0.6 is 0 Å². The minimum absolute atomic E-state index is 0.100. The van der Waals surface area contributed by atoms with Crippen molar-refractivity contribution in [2.75, 3.05) is 13.2 Å². The molecule has 0 bridgehead atoms. The lowest BCUT2D eigenvalue weighted by Crippen LogP contribution is -2.04. The number of unbranched alkanes of at least 4 members (excludes halogenated alkanes) is 8. The monoisotopic (exact) mass is 346 g/mol. The summed E-state index contributed by atoms with van der Waals surface area (Å²) in [6.07, 6.45) is 15.6. The molecule has 0 aliphatic heterocycles. The van der Waals surface area contributed by atoms with Crippen molar-refractivity contribution in [3.05, 3.63) is 42.5 Å². The zero-order valence-electron chi connectivity index (χ0n) is 15.8. The quantitative estimate of drug-likeness (QED) is 0.219. The average Bonchev–Trinajstić information content (AvgIpc) is 2.64. The molecular formula is C22H34O3. The Labute approximate surface area is 153 Å². The van der Waals surface area contributed by atoms with Crippen LogP contribution in [-0.2, 0) is 9.53 Å². The summed E-state index contributed by atoms with van der Waals surface area (Å²) < 4.78 is 10.7. The van der Waals surface area contributed by atoms with Gasteiger partial charge in [0.15, 0.2) is 0 Å². The highest BCUT2D eigenvalue weighted by molar-refractivity contribution is 5.69. The summed E-state index contributed by atoms with van der Waals surface area (Å²) in [5.41, 5.74) is 0. The number of carbonyl (C=O) groups excluding carboxylic acids is 1.